The molecule has 0 saturated carbocycles. The number of hydrogen-bond acceptors (Lipinski definition) is 7. The average molecular weight is 442 g/mol. The lowest BCUT2D eigenvalue weighted by Crippen LogP contribution is -2.06. The fourth-order valence-electron chi connectivity index (χ4n) is 2.74. The molecule has 4 rings (SSSR count). The molecule has 0 bridgehead atoms. The molecule has 0 aliphatic rings. The first kappa shape index (κ1) is 19.4. The molecule has 29 heavy (non-hydrogen) atoms. The summed E-state index contributed by atoms with van der Waals surface area (Å²) in [4.78, 5) is 13.3. The van der Waals surface area contributed by atoms with Gasteiger partial charge in [-0.15, -0.1) is 11.3 Å². The van der Waals surface area contributed by atoms with E-state index >= 15 is 0 Å². The minimum Gasteiger partial charge on any atom is -0.454 e. The van der Waals surface area contributed by atoms with Gasteiger partial charge in [-0.1, -0.05) is 35.3 Å². The minimum absolute atomic E-state index is 0.147. The first-order valence-electron chi connectivity index (χ1n) is 8.59. The van der Waals surface area contributed by atoms with Crippen LogP contribution in [0.1, 0.15) is 11.3 Å². The Hall–Kier alpha value is -2.92. The lowest BCUT2D eigenvalue weighted by atomic mass is 10.1. The zero-order chi connectivity index (χ0) is 20.2. The van der Waals surface area contributed by atoms with E-state index < -0.39 is 0 Å². The number of rotatable bonds is 6. The van der Waals surface area contributed by atoms with Gasteiger partial charge in [-0.2, -0.15) is 5.26 Å². The largest absolute Gasteiger partial charge is 0.454 e. The number of nitrogens with zero attached hydrogens (tertiary/aromatic N) is 4. The number of aromatic nitrogens is 3. The zero-order valence-corrected chi connectivity index (χ0v) is 17.2. The molecule has 0 fully saturated rings. The maximum absolute atomic E-state index is 9.15. The van der Waals surface area contributed by atoms with Crippen LogP contribution < -0.4 is 10.1 Å². The molecule has 0 amide bonds. The van der Waals surface area contributed by atoms with E-state index in [1.54, 1.807) is 12.1 Å². The number of fused-ring (bicyclic) bond motifs is 1. The molecule has 0 aliphatic heterocycles. The molecule has 0 unspecified atom stereocenters. The topological polar surface area (TPSA) is 83.7 Å². The van der Waals surface area contributed by atoms with Crippen LogP contribution in [0.3, 0.4) is 0 Å². The van der Waals surface area contributed by atoms with E-state index in [4.69, 9.17) is 33.2 Å². The van der Waals surface area contributed by atoms with Gasteiger partial charge >= 0.3 is 0 Å². The van der Waals surface area contributed by atoms with Gasteiger partial charge in [0, 0.05) is 11.9 Å². The molecule has 9 heteroatoms. The third kappa shape index (κ3) is 4.40. The second kappa shape index (κ2) is 8.62. The van der Waals surface area contributed by atoms with E-state index in [0.717, 1.165) is 28.0 Å². The SMILES string of the molecule is N#Cc1nc(Cl)ccc1Oc1ccc(CCNc2ncnc3scc(Cl)c23)cc1. The van der Waals surface area contributed by atoms with Crippen LogP contribution in [0.5, 0.6) is 11.5 Å². The van der Waals surface area contributed by atoms with Gasteiger partial charge in [-0.3, -0.25) is 0 Å². The molecule has 0 aliphatic carbocycles. The monoisotopic (exact) mass is 441 g/mol. The Kier molecular flexibility index (Phi) is 5.76. The molecule has 0 radical (unpaired) electrons. The molecular weight excluding hydrogens is 429 g/mol. The number of ether oxygens (including phenoxy) is 1. The molecule has 4 aromatic rings. The van der Waals surface area contributed by atoms with Crippen molar-refractivity contribution in [3.8, 4) is 17.6 Å². The first-order chi connectivity index (χ1) is 14.1. The number of halogens is 2. The summed E-state index contributed by atoms with van der Waals surface area (Å²) in [5, 5.41) is 16.1. The van der Waals surface area contributed by atoms with Crippen molar-refractivity contribution in [1.82, 2.24) is 15.0 Å². The summed E-state index contributed by atoms with van der Waals surface area (Å²) in [6.07, 6.45) is 2.32. The highest BCUT2D eigenvalue weighted by Gasteiger charge is 2.10. The van der Waals surface area contributed by atoms with E-state index in [2.05, 4.69) is 20.3 Å². The van der Waals surface area contributed by atoms with Gasteiger partial charge in [0.15, 0.2) is 11.4 Å². The van der Waals surface area contributed by atoms with Crippen molar-refractivity contribution in [2.75, 3.05) is 11.9 Å². The van der Waals surface area contributed by atoms with Gasteiger partial charge in [-0.05, 0) is 36.2 Å². The van der Waals surface area contributed by atoms with Crippen LogP contribution in [0.25, 0.3) is 10.2 Å². The number of benzene rings is 1. The molecule has 0 saturated heterocycles. The van der Waals surface area contributed by atoms with Crippen molar-refractivity contribution in [3.63, 3.8) is 0 Å². The van der Waals surface area contributed by atoms with E-state index in [1.807, 2.05) is 35.7 Å². The summed E-state index contributed by atoms with van der Waals surface area (Å²) >= 11 is 13.5. The number of nitriles is 1. The Balaban J connectivity index is 1.39. The van der Waals surface area contributed by atoms with Gasteiger partial charge in [-0.25, -0.2) is 15.0 Å². The summed E-state index contributed by atoms with van der Waals surface area (Å²) in [6, 6.07) is 12.8. The van der Waals surface area contributed by atoms with Crippen molar-refractivity contribution in [3.05, 3.63) is 69.5 Å². The van der Waals surface area contributed by atoms with Crippen molar-refractivity contribution in [1.29, 1.82) is 5.26 Å². The number of thiophene rings is 1. The van der Waals surface area contributed by atoms with Gasteiger partial charge in [0.05, 0.1) is 10.4 Å². The third-order valence-corrected chi connectivity index (χ3v) is 5.64. The van der Waals surface area contributed by atoms with E-state index in [0.29, 0.717) is 23.1 Å². The second-order valence-electron chi connectivity index (χ2n) is 6.00. The quantitative estimate of drug-likeness (QED) is 0.385. The molecule has 6 nitrogen and oxygen atoms in total. The standard InChI is InChI=1S/C20H13Cl2N5OS/c21-14-10-29-20-18(14)19(25-11-26-20)24-8-7-12-1-3-13(4-2-12)28-16-5-6-17(22)27-15(16)9-23/h1-6,10-11H,7-8H2,(H,24,25,26). The predicted octanol–water partition coefficient (Wildman–Crippen LogP) is 5.71. The summed E-state index contributed by atoms with van der Waals surface area (Å²) < 4.78 is 5.75. The smallest absolute Gasteiger partial charge is 0.184 e. The van der Waals surface area contributed by atoms with E-state index in [-0.39, 0.29) is 10.8 Å². The van der Waals surface area contributed by atoms with Gasteiger partial charge < -0.3 is 10.1 Å². The van der Waals surface area contributed by atoms with Crippen molar-refractivity contribution >= 4 is 50.6 Å². The number of nitrogens with one attached hydrogen (secondary N) is 1. The molecule has 1 N–H and O–H groups in total. The van der Waals surface area contributed by atoms with Crippen LogP contribution in [-0.4, -0.2) is 21.5 Å². The third-order valence-electron chi connectivity index (χ3n) is 4.11. The summed E-state index contributed by atoms with van der Waals surface area (Å²) in [6.45, 7) is 0.693. The highest BCUT2D eigenvalue weighted by atomic mass is 35.5. The van der Waals surface area contributed by atoms with Crippen LogP contribution in [-0.2, 0) is 6.42 Å². The highest BCUT2D eigenvalue weighted by molar-refractivity contribution is 7.17. The fourth-order valence-corrected chi connectivity index (χ4v) is 4.02. The van der Waals surface area contributed by atoms with E-state index in [1.165, 1.54) is 17.7 Å². The van der Waals surface area contributed by atoms with Crippen LogP contribution in [0.15, 0.2) is 48.1 Å². The molecule has 144 valence electrons. The Bertz CT molecular complexity index is 1200. The number of hydrogen-bond donors (Lipinski definition) is 1. The average Bonchev–Trinajstić information content (AvgIpc) is 3.12. The second-order valence-corrected chi connectivity index (χ2v) is 7.65. The van der Waals surface area contributed by atoms with Crippen LogP contribution >= 0.6 is 34.5 Å². The van der Waals surface area contributed by atoms with Crippen LogP contribution in [0, 0.1) is 11.3 Å². The lowest BCUT2D eigenvalue weighted by Gasteiger charge is -2.09. The Morgan fingerprint density at radius 3 is 2.72 bits per heavy atom. The van der Waals surface area contributed by atoms with Crippen molar-refractivity contribution in [2.45, 2.75) is 6.42 Å². The molecule has 1 aromatic carbocycles. The zero-order valence-electron chi connectivity index (χ0n) is 14.9. The summed E-state index contributed by atoms with van der Waals surface area (Å²) in [5.74, 6) is 1.72. The normalized spacial score (nSPS) is 10.7. The summed E-state index contributed by atoms with van der Waals surface area (Å²) in [7, 11) is 0. The lowest BCUT2D eigenvalue weighted by molar-refractivity contribution is 0.478. The number of pyridine rings is 1. The van der Waals surface area contributed by atoms with Gasteiger partial charge in [0.25, 0.3) is 0 Å². The predicted molar refractivity (Wildman–Crippen MR) is 115 cm³/mol. The van der Waals surface area contributed by atoms with Gasteiger partial charge in [0.1, 0.15) is 33.9 Å². The Morgan fingerprint density at radius 2 is 1.93 bits per heavy atom. The maximum Gasteiger partial charge on any atom is 0.184 e. The van der Waals surface area contributed by atoms with E-state index in [9.17, 15) is 0 Å². The molecule has 3 aromatic heterocycles. The molecule has 0 spiro atoms. The van der Waals surface area contributed by atoms with Crippen molar-refractivity contribution in [2.24, 2.45) is 0 Å². The summed E-state index contributed by atoms with van der Waals surface area (Å²) in [5.41, 5.74) is 1.27. The number of anilines is 1. The van der Waals surface area contributed by atoms with Gasteiger partial charge in [0.2, 0.25) is 0 Å². The maximum atomic E-state index is 9.15. The first-order valence-corrected chi connectivity index (χ1v) is 10.2. The minimum atomic E-state index is 0.147. The van der Waals surface area contributed by atoms with Crippen LogP contribution in [0.4, 0.5) is 5.82 Å². The molecule has 3 heterocycles. The molecular formula is C20H13Cl2N5OS. The highest BCUT2D eigenvalue weighted by Crippen LogP contribution is 2.32. The van der Waals surface area contributed by atoms with Crippen LogP contribution in [0.2, 0.25) is 10.2 Å². The fraction of sp³-hybridized carbons (Fsp3) is 0.100. The Morgan fingerprint density at radius 1 is 1.10 bits per heavy atom. The molecule has 0 atom stereocenters. The Labute approximate surface area is 180 Å². The van der Waals surface area contributed by atoms with Crippen molar-refractivity contribution < 1.29 is 4.74 Å².